The van der Waals surface area contributed by atoms with E-state index in [-0.39, 0.29) is 23.0 Å². The van der Waals surface area contributed by atoms with Crippen LogP contribution in [0.25, 0.3) is 10.9 Å². The van der Waals surface area contributed by atoms with E-state index in [1.807, 2.05) is 0 Å². The molecular weight excluding hydrogens is 469 g/mol. The molecule has 1 aromatic heterocycles. The Labute approximate surface area is 192 Å². The number of thioether (sulfide) groups is 1. The van der Waals surface area contributed by atoms with E-state index in [9.17, 15) is 14.7 Å². The fourth-order valence-corrected chi connectivity index (χ4v) is 4.17. The molecule has 0 aliphatic heterocycles. The van der Waals surface area contributed by atoms with E-state index in [0.717, 1.165) is 11.8 Å². The van der Waals surface area contributed by atoms with Crippen molar-refractivity contribution in [3.63, 3.8) is 0 Å². The number of fused-ring (bicyclic) bond motifs is 1. The zero-order valence-corrected chi connectivity index (χ0v) is 19.1. The summed E-state index contributed by atoms with van der Waals surface area (Å²) >= 11 is 19.3. The van der Waals surface area contributed by atoms with Crippen molar-refractivity contribution in [1.29, 1.82) is 0 Å². The van der Waals surface area contributed by atoms with Crippen LogP contribution in [0.5, 0.6) is 0 Å². The molecule has 0 bridgehead atoms. The summed E-state index contributed by atoms with van der Waals surface area (Å²) in [4.78, 5) is 30.2. The highest BCUT2D eigenvalue weighted by Crippen LogP contribution is 2.31. The standard InChI is InChI=1S/C20H18Cl3N3O3S/c1-10(27)9-26-19(29)13-7-6-12(21)8-16(13)25-20(26)30-11(2)18(28)24-15-5-3-4-14(22)17(15)23/h3-8,10-11,27H,9H2,1-2H3,(H,24,28)/t10-,11-/m1/s1. The number of benzene rings is 2. The Hall–Kier alpha value is -1.77. The maximum Gasteiger partial charge on any atom is 0.262 e. The van der Waals surface area contributed by atoms with Crippen LogP contribution in [0.1, 0.15) is 13.8 Å². The Morgan fingerprint density at radius 2 is 1.97 bits per heavy atom. The van der Waals surface area contributed by atoms with Crippen LogP contribution in [0.4, 0.5) is 5.69 Å². The fraction of sp³-hybridized carbons (Fsp3) is 0.250. The van der Waals surface area contributed by atoms with Crippen LogP contribution < -0.4 is 10.9 Å². The number of aliphatic hydroxyl groups is 1. The summed E-state index contributed by atoms with van der Waals surface area (Å²) < 4.78 is 1.36. The molecule has 0 radical (unpaired) electrons. The molecule has 6 nitrogen and oxygen atoms in total. The van der Waals surface area contributed by atoms with Gasteiger partial charge in [-0.15, -0.1) is 0 Å². The molecule has 1 heterocycles. The Morgan fingerprint density at radius 3 is 2.67 bits per heavy atom. The second kappa shape index (κ2) is 9.58. The molecule has 2 atom stereocenters. The van der Waals surface area contributed by atoms with E-state index in [2.05, 4.69) is 10.3 Å². The van der Waals surface area contributed by atoms with Crippen molar-refractivity contribution in [2.24, 2.45) is 0 Å². The lowest BCUT2D eigenvalue weighted by Gasteiger charge is -2.17. The number of aliphatic hydroxyl groups excluding tert-OH is 1. The number of hydrogen-bond acceptors (Lipinski definition) is 5. The molecule has 158 valence electrons. The van der Waals surface area contributed by atoms with Crippen LogP contribution in [-0.4, -0.2) is 31.9 Å². The second-order valence-corrected chi connectivity index (χ2v) is 9.20. The molecule has 30 heavy (non-hydrogen) atoms. The Balaban J connectivity index is 1.93. The number of carbonyl (C=O) groups excluding carboxylic acids is 1. The topological polar surface area (TPSA) is 84.2 Å². The molecule has 0 fully saturated rings. The van der Waals surface area contributed by atoms with E-state index >= 15 is 0 Å². The first-order valence-electron chi connectivity index (χ1n) is 8.97. The van der Waals surface area contributed by atoms with Gasteiger partial charge < -0.3 is 10.4 Å². The predicted molar refractivity (Wildman–Crippen MR) is 123 cm³/mol. The lowest BCUT2D eigenvalue weighted by molar-refractivity contribution is -0.115. The third-order valence-electron chi connectivity index (χ3n) is 4.19. The Morgan fingerprint density at radius 1 is 1.23 bits per heavy atom. The number of rotatable bonds is 6. The zero-order chi connectivity index (χ0) is 22.0. The van der Waals surface area contributed by atoms with Gasteiger partial charge in [0.15, 0.2) is 5.16 Å². The van der Waals surface area contributed by atoms with Gasteiger partial charge >= 0.3 is 0 Å². The van der Waals surface area contributed by atoms with Crippen molar-refractivity contribution in [2.45, 2.75) is 36.9 Å². The minimum atomic E-state index is -0.775. The van der Waals surface area contributed by atoms with Crippen molar-refractivity contribution in [3.8, 4) is 0 Å². The molecule has 0 aliphatic carbocycles. The highest BCUT2D eigenvalue weighted by molar-refractivity contribution is 8.00. The third-order valence-corrected chi connectivity index (χ3v) is 6.33. The number of amides is 1. The summed E-state index contributed by atoms with van der Waals surface area (Å²) in [6.07, 6.45) is -0.775. The van der Waals surface area contributed by atoms with Crippen molar-refractivity contribution in [2.75, 3.05) is 5.32 Å². The molecule has 2 N–H and O–H groups in total. The van der Waals surface area contributed by atoms with E-state index in [1.54, 1.807) is 50.2 Å². The zero-order valence-electron chi connectivity index (χ0n) is 16.0. The first kappa shape index (κ1) is 22.9. The number of nitrogens with one attached hydrogen (secondary N) is 1. The van der Waals surface area contributed by atoms with E-state index in [1.165, 1.54) is 4.57 Å². The van der Waals surface area contributed by atoms with E-state index in [0.29, 0.717) is 31.8 Å². The quantitative estimate of drug-likeness (QED) is 0.384. The van der Waals surface area contributed by atoms with E-state index < -0.39 is 11.4 Å². The molecule has 0 unspecified atom stereocenters. The fourth-order valence-electron chi connectivity index (χ4n) is 2.74. The number of carbonyl (C=O) groups is 1. The lowest BCUT2D eigenvalue weighted by Crippen LogP contribution is -2.29. The highest BCUT2D eigenvalue weighted by Gasteiger charge is 2.21. The SMILES string of the molecule is C[C@@H](O)Cn1c(S[C@H](C)C(=O)Nc2cccc(Cl)c2Cl)nc2cc(Cl)ccc2c1=O. The van der Waals surface area contributed by atoms with Crippen LogP contribution in [0.2, 0.25) is 15.1 Å². The molecule has 2 aromatic carbocycles. The average Bonchev–Trinajstić information content (AvgIpc) is 2.68. The molecule has 0 saturated carbocycles. The number of hydrogen-bond donors (Lipinski definition) is 2. The summed E-state index contributed by atoms with van der Waals surface area (Å²) in [6.45, 7) is 3.30. The van der Waals surface area contributed by atoms with Gasteiger partial charge in [0.2, 0.25) is 5.91 Å². The summed E-state index contributed by atoms with van der Waals surface area (Å²) in [5, 5.41) is 13.6. The van der Waals surface area contributed by atoms with Gasteiger partial charge in [-0.3, -0.25) is 14.2 Å². The normalized spacial score (nSPS) is 13.3. The Bertz CT molecular complexity index is 1170. The number of nitrogens with zero attached hydrogens (tertiary/aromatic N) is 2. The lowest BCUT2D eigenvalue weighted by atomic mass is 10.2. The highest BCUT2D eigenvalue weighted by atomic mass is 35.5. The number of anilines is 1. The van der Waals surface area contributed by atoms with Gasteiger partial charge in [0.1, 0.15) is 0 Å². The smallest absolute Gasteiger partial charge is 0.262 e. The molecule has 0 aliphatic rings. The maximum atomic E-state index is 12.9. The second-order valence-electron chi connectivity index (χ2n) is 6.67. The van der Waals surface area contributed by atoms with Gasteiger partial charge in [0.05, 0.1) is 44.5 Å². The van der Waals surface area contributed by atoms with Gasteiger partial charge in [0.25, 0.3) is 5.56 Å². The Kier molecular flexibility index (Phi) is 7.31. The van der Waals surface area contributed by atoms with Gasteiger partial charge in [-0.1, -0.05) is 52.6 Å². The summed E-state index contributed by atoms with van der Waals surface area (Å²) in [7, 11) is 0. The van der Waals surface area contributed by atoms with Crippen LogP contribution in [-0.2, 0) is 11.3 Å². The molecular formula is C20H18Cl3N3O3S. The first-order chi connectivity index (χ1) is 14.2. The maximum absolute atomic E-state index is 12.9. The van der Waals surface area contributed by atoms with Gasteiger partial charge in [-0.2, -0.15) is 0 Å². The van der Waals surface area contributed by atoms with Crippen molar-refractivity contribution in [3.05, 3.63) is 61.8 Å². The monoisotopic (exact) mass is 485 g/mol. The third kappa shape index (κ3) is 5.10. The van der Waals surface area contributed by atoms with Gasteiger partial charge in [0, 0.05) is 5.02 Å². The van der Waals surface area contributed by atoms with Crippen LogP contribution >= 0.6 is 46.6 Å². The molecule has 3 rings (SSSR count). The predicted octanol–water partition coefficient (Wildman–Crippen LogP) is 4.86. The molecule has 0 spiro atoms. The average molecular weight is 487 g/mol. The number of halogens is 3. The summed E-state index contributed by atoms with van der Waals surface area (Å²) in [5.41, 5.74) is 0.495. The van der Waals surface area contributed by atoms with Crippen LogP contribution in [0.3, 0.4) is 0 Å². The van der Waals surface area contributed by atoms with E-state index in [4.69, 9.17) is 34.8 Å². The summed E-state index contributed by atoms with van der Waals surface area (Å²) in [5.74, 6) is -0.340. The molecule has 0 saturated heterocycles. The van der Waals surface area contributed by atoms with Crippen molar-refractivity contribution < 1.29 is 9.90 Å². The van der Waals surface area contributed by atoms with Gasteiger partial charge in [-0.25, -0.2) is 4.98 Å². The van der Waals surface area contributed by atoms with Crippen molar-refractivity contribution in [1.82, 2.24) is 9.55 Å². The largest absolute Gasteiger partial charge is 0.392 e. The molecule has 3 aromatic rings. The molecule has 1 amide bonds. The summed E-state index contributed by atoms with van der Waals surface area (Å²) in [6, 6.07) is 9.73. The van der Waals surface area contributed by atoms with Gasteiger partial charge in [-0.05, 0) is 44.2 Å². The minimum Gasteiger partial charge on any atom is -0.392 e. The van der Waals surface area contributed by atoms with Crippen LogP contribution in [0, 0.1) is 0 Å². The molecule has 10 heteroatoms. The first-order valence-corrected chi connectivity index (χ1v) is 11.0. The minimum absolute atomic E-state index is 0.0429. The number of aromatic nitrogens is 2. The van der Waals surface area contributed by atoms with Crippen molar-refractivity contribution >= 4 is 69.1 Å². The van der Waals surface area contributed by atoms with Crippen LogP contribution in [0.15, 0.2) is 46.3 Å².